The van der Waals surface area contributed by atoms with Crippen molar-refractivity contribution in [1.29, 1.82) is 0 Å². The lowest BCUT2D eigenvalue weighted by molar-refractivity contribution is -0.139. The Bertz CT molecular complexity index is 1500. The van der Waals surface area contributed by atoms with Gasteiger partial charge in [-0.2, -0.15) is 0 Å². The third kappa shape index (κ3) is 8.08. The maximum atomic E-state index is 14.1. The second-order valence-electron chi connectivity index (χ2n) is 9.93. The molecule has 0 aliphatic carbocycles. The summed E-state index contributed by atoms with van der Waals surface area (Å²) < 4.78 is 39.7. The molecule has 0 fully saturated rings. The topological polar surface area (TPSA) is 105 Å². The fourth-order valence-corrected chi connectivity index (χ4v) is 5.84. The van der Waals surface area contributed by atoms with Crippen molar-refractivity contribution < 1.29 is 27.5 Å². The summed E-state index contributed by atoms with van der Waals surface area (Å²) in [4.78, 5) is 28.3. The summed E-state index contributed by atoms with van der Waals surface area (Å²) in [6.07, 6.45) is 0. The number of benzene rings is 3. The fourth-order valence-electron chi connectivity index (χ4n) is 4.09. The molecular weight excluding hydrogens is 601 g/mol. The average Bonchev–Trinajstić information content (AvgIpc) is 2.97. The van der Waals surface area contributed by atoms with Crippen molar-refractivity contribution in [2.24, 2.45) is 5.92 Å². The van der Waals surface area contributed by atoms with Crippen molar-refractivity contribution in [2.75, 3.05) is 31.6 Å². The van der Waals surface area contributed by atoms with Gasteiger partial charge in [-0.05, 0) is 60.9 Å². The van der Waals surface area contributed by atoms with E-state index >= 15 is 0 Å². The first kappa shape index (κ1) is 33.0. The summed E-state index contributed by atoms with van der Waals surface area (Å²) >= 11 is 12.5. The van der Waals surface area contributed by atoms with Crippen LogP contribution in [0.3, 0.4) is 0 Å². The number of ether oxygens (including phenoxy) is 2. The molecule has 3 aromatic carbocycles. The number of rotatable bonds is 13. The maximum absolute atomic E-state index is 14.1. The summed E-state index contributed by atoms with van der Waals surface area (Å²) in [5.74, 6) is -0.235. The van der Waals surface area contributed by atoms with E-state index in [1.807, 2.05) is 13.8 Å². The first-order valence-electron chi connectivity index (χ1n) is 13.2. The monoisotopic (exact) mass is 635 g/mol. The SMILES string of the molecule is COc1ccc(S(=O)(=O)N(CC(=O)N(Cc2ccccc2Cl)[C@@H](C)C(=O)NCC(C)C)c2ccc(Cl)cc2)cc1OC. The van der Waals surface area contributed by atoms with Gasteiger partial charge in [0.15, 0.2) is 11.5 Å². The number of amides is 2. The van der Waals surface area contributed by atoms with Crippen LogP contribution < -0.4 is 19.1 Å². The van der Waals surface area contributed by atoms with E-state index in [0.29, 0.717) is 27.9 Å². The number of hydrogen-bond donors (Lipinski definition) is 1. The van der Waals surface area contributed by atoms with Crippen molar-refractivity contribution >= 4 is 50.7 Å². The standard InChI is InChI=1S/C30H35Cl2N3O6S/c1-20(2)17-33-30(37)21(3)34(18-22-8-6-7-9-26(22)32)29(36)19-35(24-12-10-23(31)11-13-24)42(38,39)25-14-15-27(40-4)28(16-25)41-5/h6-16,20-21H,17-19H2,1-5H3,(H,33,37)/t21-/m0/s1. The number of anilines is 1. The molecule has 0 heterocycles. The first-order chi connectivity index (χ1) is 19.9. The van der Waals surface area contributed by atoms with Crippen LogP contribution in [0, 0.1) is 5.92 Å². The van der Waals surface area contributed by atoms with E-state index in [1.165, 1.54) is 61.6 Å². The van der Waals surface area contributed by atoms with Crippen LogP contribution in [0.2, 0.25) is 10.0 Å². The lowest BCUT2D eigenvalue weighted by atomic mass is 10.1. The van der Waals surface area contributed by atoms with Gasteiger partial charge in [0.1, 0.15) is 12.6 Å². The molecule has 2 amide bonds. The highest BCUT2D eigenvalue weighted by molar-refractivity contribution is 7.92. The molecule has 0 aliphatic rings. The Morgan fingerprint density at radius 2 is 1.55 bits per heavy atom. The molecule has 1 atom stereocenters. The van der Waals surface area contributed by atoms with E-state index in [-0.39, 0.29) is 34.7 Å². The maximum Gasteiger partial charge on any atom is 0.264 e. The normalized spacial score (nSPS) is 12.0. The van der Waals surface area contributed by atoms with Gasteiger partial charge >= 0.3 is 0 Å². The smallest absolute Gasteiger partial charge is 0.264 e. The Morgan fingerprint density at radius 3 is 2.14 bits per heavy atom. The van der Waals surface area contributed by atoms with Crippen LogP contribution in [0.1, 0.15) is 26.3 Å². The van der Waals surface area contributed by atoms with Gasteiger partial charge < -0.3 is 19.7 Å². The van der Waals surface area contributed by atoms with Crippen molar-refractivity contribution in [1.82, 2.24) is 10.2 Å². The Kier molecular flexibility index (Phi) is 11.5. The lowest BCUT2D eigenvalue weighted by Gasteiger charge is -2.32. The molecule has 226 valence electrons. The zero-order valence-electron chi connectivity index (χ0n) is 24.1. The summed E-state index contributed by atoms with van der Waals surface area (Å²) in [5.41, 5.74) is 0.814. The van der Waals surface area contributed by atoms with Crippen molar-refractivity contribution in [2.45, 2.75) is 38.3 Å². The molecule has 1 N–H and O–H groups in total. The molecule has 3 aromatic rings. The number of nitrogens with one attached hydrogen (secondary N) is 1. The number of carbonyl (C=O) groups is 2. The molecule has 0 aliphatic heterocycles. The van der Waals surface area contributed by atoms with E-state index in [1.54, 1.807) is 31.2 Å². The van der Waals surface area contributed by atoms with Crippen LogP contribution in [0.5, 0.6) is 11.5 Å². The van der Waals surface area contributed by atoms with E-state index in [2.05, 4.69) is 5.32 Å². The van der Waals surface area contributed by atoms with Gasteiger partial charge in [0.05, 0.1) is 24.8 Å². The molecule has 0 unspecified atom stereocenters. The minimum atomic E-state index is -4.32. The first-order valence-corrected chi connectivity index (χ1v) is 15.4. The molecule has 0 saturated heterocycles. The minimum Gasteiger partial charge on any atom is -0.493 e. The van der Waals surface area contributed by atoms with Crippen LogP contribution >= 0.6 is 23.2 Å². The third-order valence-electron chi connectivity index (χ3n) is 6.49. The number of methoxy groups -OCH3 is 2. The Hall–Kier alpha value is -3.47. The highest BCUT2D eigenvalue weighted by Crippen LogP contribution is 2.33. The molecule has 0 radical (unpaired) electrons. The Labute approximate surface area is 257 Å². The summed E-state index contributed by atoms with van der Waals surface area (Å²) in [7, 11) is -1.48. The van der Waals surface area contributed by atoms with Gasteiger partial charge in [-0.25, -0.2) is 8.42 Å². The van der Waals surface area contributed by atoms with E-state index in [9.17, 15) is 18.0 Å². The molecule has 0 bridgehead atoms. The molecular formula is C30H35Cl2N3O6S. The number of carbonyl (C=O) groups excluding carboxylic acids is 2. The molecule has 12 heteroatoms. The highest BCUT2D eigenvalue weighted by Gasteiger charge is 2.33. The van der Waals surface area contributed by atoms with Crippen molar-refractivity contribution in [3.63, 3.8) is 0 Å². The van der Waals surface area contributed by atoms with Crippen LogP contribution in [0.4, 0.5) is 5.69 Å². The van der Waals surface area contributed by atoms with Crippen LogP contribution in [-0.2, 0) is 26.2 Å². The average molecular weight is 637 g/mol. The number of nitrogens with zero attached hydrogens (tertiary/aromatic N) is 2. The molecule has 3 rings (SSSR count). The zero-order chi connectivity index (χ0) is 31.0. The molecule has 42 heavy (non-hydrogen) atoms. The third-order valence-corrected chi connectivity index (χ3v) is 8.88. The number of sulfonamides is 1. The Morgan fingerprint density at radius 1 is 0.905 bits per heavy atom. The quantitative estimate of drug-likeness (QED) is 0.270. The fraction of sp³-hybridized carbons (Fsp3) is 0.333. The highest BCUT2D eigenvalue weighted by atomic mass is 35.5. The second-order valence-corrected chi connectivity index (χ2v) is 12.6. The van der Waals surface area contributed by atoms with E-state index in [0.717, 1.165) is 4.31 Å². The van der Waals surface area contributed by atoms with Crippen LogP contribution in [0.15, 0.2) is 71.6 Å². The van der Waals surface area contributed by atoms with Gasteiger partial charge in [0.2, 0.25) is 11.8 Å². The van der Waals surface area contributed by atoms with Crippen molar-refractivity contribution in [3.05, 3.63) is 82.3 Å². The lowest BCUT2D eigenvalue weighted by Crippen LogP contribution is -2.51. The Balaban J connectivity index is 2.06. The van der Waals surface area contributed by atoms with Gasteiger partial charge in [-0.3, -0.25) is 13.9 Å². The summed E-state index contributed by atoms with van der Waals surface area (Å²) in [6, 6.07) is 16.3. The van der Waals surface area contributed by atoms with Crippen LogP contribution in [0.25, 0.3) is 0 Å². The molecule has 9 nitrogen and oxygen atoms in total. The largest absolute Gasteiger partial charge is 0.493 e. The minimum absolute atomic E-state index is 0.0142. The van der Waals surface area contributed by atoms with Gasteiger partial charge in [-0.15, -0.1) is 0 Å². The van der Waals surface area contributed by atoms with E-state index < -0.39 is 28.5 Å². The number of halogens is 2. The second kappa shape index (κ2) is 14.6. The van der Waals surface area contributed by atoms with Gasteiger partial charge in [-0.1, -0.05) is 55.2 Å². The zero-order valence-corrected chi connectivity index (χ0v) is 26.5. The predicted molar refractivity (Wildman–Crippen MR) is 165 cm³/mol. The van der Waals surface area contributed by atoms with Gasteiger partial charge in [0.25, 0.3) is 10.0 Å². The van der Waals surface area contributed by atoms with Crippen LogP contribution in [-0.4, -0.2) is 58.5 Å². The van der Waals surface area contributed by atoms with E-state index in [4.69, 9.17) is 32.7 Å². The summed E-state index contributed by atoms with van der Waals surface area (Å²) in [6.45, 7) is 5.31. The van der Waals surface area contributed by atoms with Crippen molar-refractivity contribution in [3.8, 4) is 11.5 Å². The molecule has 0 aromatic heterocycles. The molecule has 0 spiro atoms. The molecule has 0 saturated carbocycles. The number of hydrogen-bond acceptors (Lipinski definition) is 6. The predicted octanol–water partition coefficient (Wildman–Crippen LogP) is 5.40. The van der Waals surface area contributed by atoms with Gasteiger partial charge in [0, 0.05) is 29.2 Å². The summed E-state index contributed by atoms with van der Waals surface area (Å²) in [5, 5.41) is 3.66.